The number of piperidine rings is 1. The molecular weight excluding hydrogens is 186 g/mol. The molecule has 0 radical (unpaired) electrons. The normalized spacial score (nSPS) is 22.9. The molecule has 2 heterocycles. The Balaban J connectivity index is 1.99. The Morgan fingerprint density at radius 3 is 3.20 bits per heavy atom. The van der Waals surface area contributed by atoms with E-state index in [2.05, 4.69) is 22.9 Å². The summed E-state index contributed by atoms with van der Waals surface area (Å²) < 4.78 is 0. The Kier molecular flexibility index (Phi) is 3.34. The molecule has 0 spiro atoms. The third-order valence-electron chi connectivity index (χ3n) is 3.08. The number of aryl methyl sites for hydroxylation is 1. The SMILES string of the molecule is Cc1ccncc1CN1CCC[C@@H](N)C1. The van der Waals surface area contributed by atoms with Crippen molar-refractivity contribution in [2.24, 2.45) is 5.73 Å². The summed E-state index contributed by atoms with van der Waals surface area (Å²) in [6.45, 7) is 5.32. The predicted molar refractivity (Wildman–Crippen MR) is 61.5 cm³/mol. The lowest BCUT2D eigenvalue weighted by Gasteiger charge is -2.30. The van der Waals surface area contributed by atoms with E-state index in [4.69, 9.17) is 5.73 Å². The van der Waals surface area contributed by atoms with Gasteiger partial charge in [0.1, 0.15) is 0 Å². The number of hydrogen-bond donors (Lipinski definition) is 1. The van der Waals surface area contributed by atoms with Crippen LogP contribution in [0, 0.1) is 6.92 Å². The van der Waals surface area contributed by atoms with E-state index >= 15 is 0 Å². The third kappa shape index (κ3) is 2.76. The van der Waals surface area contributed by atoms with E-state index in [0.717, 1.165) is 13.1 Å². The van der Waals surface area contributed by atoms with E-state index in [-0.39, 0.29) is 0 Å². The minimum Gasteiger partial charge on any atom is -0.327 e. The quantitative estimate of drug-likeness (QED) is 0.791. The molecule has 0 amide bonds. The summed E-state index contributed by atoms with van der Waals surface area (Å²) in [5, 5.41) is 0. The molecule has 0 aliphatic carbocycles. The van der Waals surface area contributed by atoms with Crippen LogP contribution in [0.3, 0.4) is 0 Å². The fourth-order valence-electron chi connectivity index (χ4n) is 2.14. The predicted octanol–water partition coefficient (Wildman–Crippen LogP) is 1.31. The van der Waals surface area contributed by atoms with Crippen LogP contribution in [0.2, 0.25) is 0 Å². The highest BCUT2D eigenvalue weighted by molar-refractivity contribution is 5.21. The first-order valence-corrected chi connectivity index (χ1v) is 5.63. The lowest BCUT2D eigenvalue weighted by molar-refractivity contribution is 0.201. The molecule has 1 atom stereocenters. The summed E-state index contributed by atoms with van der Waals surface area (Å²) in [6.07, 6.45) is 6.21. The molecule has 3 nitrogen and oxygen atoms in total. The molecule has 0 bridgehead atoms. The van der Waals surface area contributed by atoms with Crippen LogP contribution >= 0.6 is 0 Å². The van der Waals surface area contributed by atoms with Crippen molar-refractivity contribution in [1.82, 2.24) is 9.88 Å². The Bertz CT molecular complexity index is 324. The molecule has 3 heteroatoms. The molecule has 0 aromatic carbocycles. The van der Waals surface area contributed by atoms with E-state index in [0.29, 0.717) is 6.04 Å². The van der Waals surface area contributed by atoms with E-state index in [1.54, 1.807) is 0 Å². The van der Waals surface area contributed by atoms with Gasteiger partial charge in [-0.25, -0.2) is 0 Å². The summed E-state index contributed by atoms with van der Waals surface area (Å²) in [5.74, 6) is 0. The standard InChI is InChI=1S/C12H19N3/c1-10-4-5-14-7-11(10)8-15-6-2-3-12(13)9-15/h4-5,7,12H,2-3,6,8-9,13H2,1H3/t12-/m1/s1. The Labute approximate surface area is 91.3 Å². The zero-order valence-electron chi connectivity index (χ0n) is 9.32. The van der Waals surface area contributed by atoms with Gasteiger partial charge in [-0.2, -0.15) is 0 Å². The van der Waals surface area contributed by atoms with Gasteiger partial charge < -0.3 is 5.73 Å². The maximum atomic E-state index is 5.96. The maximum absolute atomic E-state index is 5.96. The van der Waals surface area contributed by atoms with Crippen molar-refractivity contribution in [1.29, 1.82) is 0 Å². The average molecular weight is 205 g/mol. The summed E-state index contributed by atoms with van der Waals surface area (Å²) in [7, 11) is 0. The van der Waals surface area contributed by atoms with E-state index < -0.39 is 0 Å². The molecule has 1 fully saturated rings. The van der Waals surface area contributed by atoms with E-state index in [9.17, 15) is 0 Å². The van der Waals surface area contributed by atoms with Gasteiger partial charge in [0, 0.05) is 31.5 Å². The summed E-state index contributed by atoms with van der Waals surface area (Å²) in [5.41, 5.74) is 8.61. The molecule has 0 saturated carbocycles. The first kappa shape index (κ1) is 10.6. The van der Waals surface area contributed by atoms with Crippen LogP contribution in [0.4, 0.5) is 0 Å². The topological polar surface area (TPSA) is 42.2 Å². The lowest BCUT2D eigenvalue weighted by atomic mass is 10.1. The smallest absolute Gasteiger partial charge is 0.0315 e. The highest BCUT2D eigenvalue weighted by atomic mass is 15.1. The van der Waals surface area contributed by atoms with Crippen LogP contribution in [0.5, 0.6) is 0 Å². The van der Waals surface area contributed by atoms with Crippen LogP contribution in [0.1, 0.15) is 24.0 Å². The van der Waals surface area contributed by atoms with E-state index in [1.165, 1.54) is 30.5 Å². The number of pyridine rings is 1. The molecule has 15 heavy (non-hydrogen) atoms. The van der Waals surface area contributed by atoms with Crippen molar-refractivity contribution < 1.29 is 0 Å². The minimum atomic E-state index is 0.357. The van der Waals surface area contributed by atoms with Crippen LogP contribution < -0.4 is 5.73 Å². The average Bonchev–Trinajstić information content (AvgIpc) is 2.22. The largest absolute Gasteiger partial charge is 0.327 e. The van der Waals surface area contributed by atoms with Crippen molar-refractivity contribution >= 4 is 0 Å². The molecule has 1 aliphatic rings. The number of rotatable bonds is 2. The Morgan fingerprint density at radius 1 is 1.60 bits per heavy atom. The zero-order valence-corrected chi connectivity index (χ0v) is 9.32. The molecule has 82 valence electrons. The van der Waals surface area contributed by atoms with Gasteiger partial charge in [0.05, 0.1) is 0 Å². The van der Waals surface area contributed by atoms with Crippen LogP contribution in [-0.4, -0.2) is 29.0 Å². The van der Waals surface area contributed by atoms with Gasteiger partial charge >= 0.3 is 0 Å². The van der Waals surface area contributed by atoms with Crippen molar-refractivity contribution in [3.8, 4) is 0 Å². The number of nitrogens with two attached hydrogens (primary N) is 1. The number of likely N-dealkylation sites (tertiary alicyclic amines) is 1. The van der Waals surface area contributed by atoms with Gasteiger partial charge in [-0.1, -0.05) is 0 Å². The minimum absolute atomic E-state index is 0.357. The first-order chi connectivity index (χ1) is 7.25. The fourth-order valence-corrected chi connectivity index (χ4v) is 2.14. The maximum Gasteiger partial charge on any atom is 0.0315 e. The molecule has 1 aliphatic heterocycles. The number of hydrogen-bond acceptors (Lipinski definition) is 3. The Hall–Kier alpha value is -0.930. The first-order valence-electron chi connectivity index (χ1n) is 5.63. The second-order valence-corrected chi connectivity index (χ2v) is 4.44. The van der Waals surface area contributed by atoms with Gasteiger partial charge in [0.2, 0.25) is 0 Å². The fraction of sp³-hybridized carbons (Fsp3) is 0.583. The highest BCUT2D eigenvalue weighted by Crippen LogP contribution is 2.14. The molecule has 1 aromatic heterocycles. The van der Waals surface area contributed by atoms with Crippen molar-refractivity contribution in [3.63, 3.8) is 0 Å². The molecule has 0 unspecified atom stereocenters. The molecule has 1 saturated heterocycles. The number of nitrogens with zero attached hydrogens (tertiary/aromatic N) is 2. The van der Waals surface area contributed by atoms with Gasteiger partial charge in [-0.05, 0) is 43.5 Å². The molecule has 2 N–H and O–H groups in total. The molecule has 1 aromatic rings. The molecule has 2 rings (SSSR count). The van der Waals surface area contributed by atoms with Crippen LogP contribution in [0.25, 0.3) is 0 Å². The summed E-state index contributed by atoms with van der Waals surface area (Å²) >= 11 is 0. The van der Waals surface area contributed by atoms with Gasteiger partial charge in [0.15, 0.2) is 0 Å². The molecular formula is C12H19N3. The van der Waals surface area contributed by atoms with E-state index in [1.807, 2.05) is 12.4 Å². The lowest BCUT2D eigenvalue weighted by Crippen LogP contribution is -2.42. The van der Waals surface area contributed by atoms with Gasteiger partial charge in [-0.15, -0.1) is 0 Å². The highest BCUT2D eigenvalue weighted by Gasteiger charge is 2.16. The zero-order chi connectivity index (χ0) is 10.7. The second kappa shape index (κ2) is 4.73. The third-order valence-corrected chi connectivity index (χ3v) is 3.08. The van der Waals surface area contributed by atoms with Crippen molar-refractivity contribution in [2.75, 3.05) is 13.1 Å². The monoisotopic (exact) mass is 205 g/mol. The van der Waals surface area contributed by atoms with Crippen molar-refractivity contribution in [3.05, 3.63) is 29.6 Å². The Morgan fingerprint density at radius 2 is 2.47 bits per heavy atom. The van der Waals surface area contributed by atoms with Crippen molar-refractivity contribution in [2.45, 2.75) is 32.4 Å². The number of aromatic nitrogens is 1. The van der Waals surface area contributed by atoms with Crippen LogP contribution in [-0.2, 0) is 6.54 Å². The summed E-state index contributed by atoms with van der Waals surface area (Å²) in [4.78, 5) is 6.60. The van der Waals surface area contributed by atoms with Gasteiger partial charge in [-0.3, -0.25) is 9.88 Å². The second-order valence-electron chi connectivity index (χ2n) is 4.44. The van der Waals surface area contributed by atoms with Crippen LogP contribution in [0.15, 0.2) is 18.5 Å². The summed E-state index contributed by atoms with van der Waals surface area (Å²) in [6, 6.07) is 2.43. The van der Waals surface area contributed by atoms with Gasteiger partial charge in [0.25, 0.3) is 0 Å².